The summed E-state index contributed by atoms with van der Waals surface area (Å²) in [7, 11) is 1.64. The van der Waals surface area contributed by atoms with Crippen LogP contribution in [-0.2, 0) is 11.3 Å². The molecule has 2 saturated carbocycles. The summed E-state index contributed by atoms with van der Waals surface area (Å²) < 4.78 is 7.03. The predicted octanol–water partition coefficient (Wildman–Crippen LogP) is 4.94. The van der Waals surface area contributed by atoms with Crippen LogP contribution >= 0.6 is 0 Å². The van der Waals surface area contributed by atoms with Gasteiger partial charge in [0.15, 0.2) is 0 Å². The smallest absolute Gasteiger partial charge is 0.273 e. The molecule has 188 valence electrons. The first kappa shape index (κ1) is 23.9. The van der Waals surface area contributed by atoms with Crippen LogP contribution in [0, 0.1) is 0 Å². The summed E-state index contributed by atoms with van der Waals surface area (Å²) in [5.74, 6) is 0.667. The molecule has 0 bridgehead atoms. The lowest BCUT2D eigenvalue weighted by Gasteiger charge is -2.47. The van der Waals surface area contributed by atoms with E-state index in [-0.39, 0.29) is 23.9 Å². The number of hydrogen-bond acceptors (Lipinski definition) is 4. The lowest BCUT2D eigenvalue weighted by Crippen LogP contribution is -2.67. The lowest BCUT2D eigenvalue weighted by molar-refractivity contribution is -0.135. The summed E-state index contributed by atoms with van der Waals surface area (Å²) in [5.41, 5.74) is 1.28. The van der Waals surface area contributed by atoms with Crippen molar-refractivity contribution in [3.63, 3.8) is 0 Å². The molecular weight excluding hydrogens is 440 g/mol. The molecule has 0 radical (unpaired) electrons. The van der Waals surface area contributed by atoms with Gasteiger partial charge < -0.3 is 15.0 Å². The SMILES string of the molecule is COc1ccc(-c2cc3n(n2)CC(C)(C(=O)NC2CCCCCCC2)N(C2CCCC2)C3=O)cc1. The highest BCUT2D eigenvalue weighted by molar-refractivity contribution is 6.00. The van der Waals surface area contributed by atoms with Gasteiger partial charge in [-0.1, -0.05) is 44.9 Å². The lowest BCUT2D eigenvalue weighted by atomic mass is 9.90. The minimum atomic E-state index is -0.954. The molecule has 35 heavy (non-hydrogen) atoms. The maximum atomic E-state index is 13.9. The highest BCUT2D eigenvalue weighted by atomic mass is 16.5. The molecule has 5 rings (SSSR count). The fraction of sp³-hybridized carbons (Fsp3) is 0.607. The van der Waals surface area contributed by atoms with E-state index < -0.39 is 5.54 Å². The van der Waals surface area contributed by atoms with Crippen molar-refractivity contribution in [3.8, 4) is 17.0 Å². The van der Waals surface area contributed by atoms with E-state index >= 15 is 0 Å². The minimum absolute atomic E-state index is 0.0320. The monoisotopic (exact) mass is 478 g/mol. The van der Waals surface area contributed by atoms with E-state index in [1.165, 1.54) is 19.3 Å². The summed E-state index contributed by atoms with van der Waals surface area (Å²) in [6, 6.07) is 9.86. The number of hydrogen-bond donors (Lipinski definition) is 1. The molecule has 7 nitrogen and oxygen atoms in total. The Morgan fingerprint density at radius 1 is 1.00 bits per heavy atom. The van der Waals surface area contributed by atoms with Crippen molar-refractivity contribution in [1.82, 2.24) is 20.0 Å². The van der Waals surface area contributed by atoms with Crippen LogP contribution in [0.2, 0.25) is 0 Å². The van der Waals surface area contributed by atoms with Crippen molar-refractivity contribution in [3.05, 3.63) is 36.0 Å². The summed E-state index contributed by atoms with van der Waals surface area (Å²) in [5, 5.41) is 8.15. The highest BCUT2D eigenvalue weighted by Crippen LogP contribution is 2.37. The number of amides is 2. The number of rotatable bonds is 5. The van der Waals surface area contributed by atoms with Gasteiger partial charge in [-0.3, -0.25) is 14.3 Å². The van der Waals surface area contributed by atoms with Gasteiger partial charge >= 0.3 is 0 Å². The molecule has 1 atom stereocenters. The number of methoxy groups -OCH3 is 1. The molecule has 1 aromatic heterocycles. The van der Waals surface area contributed by atoms with E-state index in [0.29, 0.717) is 12.2 Å². The molecule has 1 aliphatic heterocycles. The molecule has 1 N–H and O–H groups in total. The number of nitrogens with zero attached hydrogens (tertiary/aromatic N) is 3. The highest BCUT2D eigenvalue weighted by Gasteiger charge is 2.51. The van der Waals surface area contributed by atoms with Gasteiger partial charge in [-0.05, 0) is 62.9 Å². The Kier molecular flexibility index (Phi) is 6.85. The van der Waals surface area contributed by atoms with Gasteiger partial charge in [0.05, 0.1) is 19.3 Å². The molecular formula is C28H38N4O3. The fourth-order valence-corrected chi connectivity index (χ4v) is 6.18. The van der Waals surface area contributed by atoms with Crippen molar-refractivity contribution in [2.75, 3.05) is 7.11 Å². The Morgan fingerprint density at radius 2 is 1.63 bits per heavy atom. The predicted molar refractivity (Wildman–Crippen MR) is 135 cm³/mol. The molecule has 2 aliphatic carbocycles. The molecule has 7 heteroatoms. The van der Waals surface area contributed by atoms with E-state index in [4.69, 9.17) is 9.84 Å². The number of benzene rings is 1. The quantitative estimate of drug-likeness (QED) is 0.660. The van der Waals surface area contributed by atoms with E-state index in [0.717, 1.165) is 68.4 Å². The van der Waals surface area contributed by atoms with Crippen molar-refractivity contribution in [1.29, 1.82) is 0 Å². The first-order valence-electron chi connectivity index (χ1n) is 13.4. The van der Waals surface area contributed by atoms with Crippen molar-refractivity contribution < 1.29 is 14.3 Å². The van der Waals surface area contributed by atoms with E-state index in [1.807, 2.05) is 42.2 Å². The van der Waals surface area contributed by atoms with Gasteiger partial charge in [0, 0.05) is 17.6 Å². The maximum absolute atomic E-state index is 13.9. The number of aromatic nitrogens is 2. The van der Waals surface area contributed by atoms with Crippen molar-refractivity contribution in [2.24, 2.45) is 0 Å². The first-order chi connectivity index (χ1) is 17.0. The second kappa shape index (κ2) is 10.0. The zero-order valence-electron chi connectivity index (χ0n) is 21.1. The number of nitrogens with one attached hydrogen (secondary N) is 1. The fourth-order valence-electron chi connectivity index (χ4n) is 6.18. The molecule has 2 heterocycles. The summed E-state index contributed by atoms with van der Waals surface area (Å²) in [6.45, 7) is 2.32. The largest absolute Gasteiger partial charge is 0.497 e. The van der Waals surface area contributed by atoms with Gasteiger partial charge in [0.1, 0.15) is 17.0 Å². The van der Waals surface area contributed by atoms with Crippen LogP contribution < -0.4 is 10.1 Å². The second-order valence-corrected chi connectivity index (χ2v) is 10.7. The minimum Gasteiger partial charge on any atom is -0.497 e. The van der Waals surface area contributed by atoms with Gasteiger partial charge in [0.2, 0.25) is 5.91 Å². The molecule has 2 aromatic rings. The molecule has 0 saturated heterocycles. The Balaban J connectivity index is 1.45. The molecule has 2 amide bonds. The molecule has 2 fully saturated rings. The zero-order chi connectivity index (χ0) is 24.4. The number of carbonyl (C=O) groups excluding carboxylic acids is 2. The van der Waals surface area contributed by atoms with Gasteiger partial charge in [0.25, 0.3) is 5.91 Å². The molecule has 1 aromatic carbocycles. The third-order valence-corrected chi connectivity index (χ3v) is 8.21. The molecule has 3 aliphatic rings. The van der Waals surface area contributed by atoms with E-state index in [1.54, 1.807) is 11.8 Å². The normalized spacial score (nSPS) is 24.1. The van der Waals surface area contributed by atoms with Crippen molar-refractivity contribution in [2.45, 2.75) is 102 Å². The van der Waals surface area contributed by atoms with Crippen LogP contribution in [0.25, 0.3) is 11.3 Å². The summed E-state index contributed by atoms with van der Waals surface area (Å²) in [4.78, 5) is 29.7. The topological polar surface area (TPSA) is 76.5 Å². The Hall–Kier alpha value is -2.83. The van der Waals surface area contributed by atoms with Crippen LogP contribution in [0.15, 0.2) is 30.3 Å². The summed E-state index contributed by atoms with van der Waals surface area (Å²) >= 11 is 0. The molecule has 0 spiro atoms. The van der Waals surface area contributed by atoms with Crippen LogP contribution in [0.3, 0.4) is 0 Å². The van der Waals surface area contributed by atoms with Gasteiger partial charge in [-0.15, -0.1) is 0 Å². The summed E-state index contributed by atoms with van der Waals surface area (Å²) in [6.07, 6.45) is 12.2. The maximum Gasteiger partial charge on any atom is 0.273 e. The number of fused-ring (bicyclic) bond motifs is 1. The average Bonchev–Trinajstić information content (AvgIpc) is 3.51. The standard InChI is InChI=1S/C28H38N4O3/c1-28(27(34)29-21-10-6-4-3-5-7-11-21)19-31-25(26(33)32(28)22-12-8-9-13-22)18-24(30-31)20-14-16-23(35-2)17-15-20/h14-18,21-22H,3-13,19H2,1-2H3,(H,29,34). The van der Waals surface area contributed by atoms with Gasteiger partial charge in [-0.25, -0.2) is 0 Å². The van der Waals surface area contributed by atoms with E-state index in [2.05, 4.69) is 5.32 Å². The zero-order valence-corrected chi connectivity index (χ0v) is 21.1. The first-order valence-corrected chi connectivity index (χ1v) is 13.4. The van der Waals surface area contributed by atoms with Crippen LogP contribution in [0.5, 0.6) is 5.75 Å². The second-order valence-electron chi connectivity index (χ2n) is 10.7. The van der Waals surface area contributed by atoms with Crippen LogP contribution in [0.1, 0.15) is 88.0 Å². The van der Waals surface area contributed by atoms with E-state index in [9.17, 15) is 9.59 Å². The Morgan fingerprint density at radius 3 is 2.29 bits per heavy atom. The average molecular weight is 479 g/mol. The molecule has 1 unspecified atom stereocenters. The van der Waals surface area contributed by atoms with Gasteiger partial charge in [-0.2, -0.15) is 5.10 Å². The van der Waals surface area contributed by atoms with Crippen molar-refractivity contribution >= 4 is 11.8 Å². The Bertz CT molecular complexity index is 1050. The third-order valence-electron chi connectivity index (χ3n) is 8.21. The number of ether oxygens (including phenoxy) is 1. The third kappa shape index (κ3) is 4.69. The Labute approximate surface area is 208 Å². The number of carbonyl (C=O) groups is 2. The van der Waals surface area contributed by atoms with Crippen LogP contribution in [-0.4, -0.2) is 51.2 Å². The van der Waals surface area contributed by atoms with Crippen LogP contribution in [0.4, 0.5) is 0 Å².